The zero-order valence-corrected chi connectivity index (χ0v) is 9.21. The van der Waals surface area contributed by atoms with E-state index in [2.05, 4.69) is 21.1 Å². The molecule has 1 amide bonds. The molecule has 0 aromatic rings. The van der Waals surface area contributed by atoms with E-state index in [-0.39, 0.29) is 18.0 Å². The summed E-state index contributed by atoms with van der Waals surface area (Å²) >= 11 is 0. The van der Waals surface area contributed by atoms with Crippen LogP contribution in [0.5, 0.6) is 0 Å². The molecule has 6 nitrogen and oxygen atoms in total. The summed E-state index contributed by atoms with van der Waals surface area (Å²) in [7, 11) is 0. The van der Waals surface area contributed by atoms with Crippen LogP contribution in [-0.4, -0.2) is 30.5 Å². The van der Waals surface area contributed by atoms with Crippen molar-refractivity contribution in [1.29, 1.82) is 0 Å². The Labute approximate surface area is 89.7 Å². The third kappa shape index (κ3) is 3.75. The highest BCUT2D eigenvalue weighted by Gasteiger charge is 2.21. The van der Waals surface area contributed by atoms with Gasteiger partial charge in [-0.15, -0.1) is 0 Å². The van der Waals surface area contributed by atoms with Crippen molar-refractivity contribution in [2.45, 2.75) is 38.8 Å². The number of hydrazine groups is 1. The lowest BCUT2D eigenvalue weighted by Crippen LogP contribution is -2.47. The summed E-state index contributed by atoms with van der Waals surface area (Å²) in [6.07, 6.45) is 1.73. The van der Waals surface area contributed by atoms with Crippen LogP contribution in [0.15, 0.2) is 4.99 Å². The molecule has 1 aliphatic heterocycles. The van der Waals surface area contributed by atoms with Crippen LogP contribution in [0.4, 0.5) is 0 Å². The Kier molecular flexibility index (Phi) is 4.36. The first kappa shape index (κ1) is 11.8. The van der Waals surface area contributed by atoms with Crippen LogP contribution >= 0.6 is 0 Å². The average molecular weight is 213 g/mol. The van der Waals surface area contributed by atoms with Crippen LogP contribution in [0, 0.1) is 0 Å². The van der Waals surface area contributed by atoms with Crippen LogP contribution in [0.1, 0.15) is 26.7 Å². The molecule has 0 aromatic carbocycles. The van der Waals surface area contributed by atoms with Gasteiger partial charge in [0.05, 0.1) is 0 Å². The number of guanidine groups is 1. The molecule has 0 saturated carbocycles. The third-order valence-corrected chi connectivity index (χ3v) is 2.10. The minimum atomic E-state index is -0.323. The van der Waals surface area contributed by atoms with Crippen LogP contribution in [0.3, 0.4) is 0 Å². The van der Waals surface area contributed by atoms with Gasteiger partial charge in [0, 0.05) is 12.6 Å². The third-order valence-electron chi connectivity index (χ3n) is 2.10. The second-order valence-corrected chi connectivity index (χ2v) is 3.87. The highest BCUT2D eigenvalue weighted by atomic mass is 16.2. The number of nitrogens with zero attached hydrogens (tertiary/aromatic N) is 1. The van der Waals surface area contributed by atoms with Gasteiger partial charge in [-0.25, -0.2) is 10.8 Å². The number of nitrogens with two attached hydrogens (primary N) is 1. The Morgan fingerprint density at radius 1 is 1.67 bits per heavy atom. The van der Waals surface area contributed by atoms with E-state index in [9.17, 15) is 4.79 Å². The highest BCUT2D eigenvalue weighted by Crippen LogP contribution is 2.06. The molecule has 1 unspecified atom stereocenters. The highest BCUT2D eigenvalue weighted by molar-refractivity contribution is 5.87. The van der Waals surface area contributed by atoms with Crippen molar-refractivity contribution in [3.63, 3.8) is 0 Å². The van der Waals surface area contributed by atoms with Gasteiger partial charge in [-0.2, -0.15) is 0 Å². The van der Waals surface area contributed by atoms with Crippen molar-refractivity contribution in [2.24, 2.45) is 10.8 Å². The van der Waals surface area contributed by atoms with E-state index in [1.54, 1.807) is 0 Å². The minimum Gasteiger partial charge on any atom is -0.354 e. The number of nitrogens with one attached hydrogen (secondary N) is 3. The lowest BCUT2D eigenvalue weighted by atomic mass is 10.1. The Balaban J connectivity index is 2.60. The molecular weight excluding hydrogens is 194 g/mol. The summed E-state index contributed by atoms with van der Waals surface area (Å²) in [5, 5.41) is 5.80. The van der Waals surface area contributed by atoms with E-state index in [4.69, 9.17) is 5.84 Å². The summed E-state index contributed by atoms with van der Waals surface area (Å²) in [4.78, 5) is 15.6. The lowest BCUT2D eigenvalue weighted by molar-refractivity contribution is -0.123. The number of carbonyl (C=O) groups excluding carboxylic acids is 1. The van der Waals surface area contributed by atoms with Crippen LogP contribution in [0.2, 0.25) is 0 Å². The molecule has 1 aliphatic rings. The van der Waals surface area contributed by atoms with Gasteiger partial charge in [0.25, 0.3) is 0 Å². The van der Waals surface area contributed by atoms with Gasteiger partial charge in [0.15, 0.2) is 0 Å². The van der Waals surface area contributed by atoms with E-state index in [0.717, 1.165) is 19.4 Å². The standard InChI is InChI=1S/C9H19N5O/c1-6(2)12-9(14-10)13-7-4-3-5-11-8(7)15/h6-7H,3-5,10H2,1-2H3,(H,11,15)(H2,12,13,14). The first-order chi connectivity index (χ1) is 7.13. The van der Waals surface area contributed by atoms with Crippen molar-refractivity contribution < 1.29 is 4.79 Å². The maximum absolute atomic E-state index is 11.4. The molecule has 1 heterocycles. The Hall–Kier alpha value is -1.30. The maximum Gasteiger partial charge on any atom is 0.244 e. The zero-order valence-electron chi connectivity index (χ0n) is 9.21. The Morgan fingerprint density at radius 2 is 2.40 bits per heavy atom. The first-order valence-corrected chi connectivity index (χ1v) is 5.22. The number of rotatable bonds is 2. The lowest BCUT2D eigenvalue weighted by Gasteiger charge is -2.20. The molecule has 5 N–H and O–H groups in total. The monoisotopic (exact) mass is 213 g/mol. The van der Waals surface area contributed by atoms with Crippen LogP contribution in [0.25, 0.3) is 0 Å². The number of piperidine rings is 1. The van der Waals surface area contributed by atoms with Crippen molar-refractivity contribution in [1.82, 2.24) is 16.1 Å². The SMILES string of the molecule is CC(C)NC(=NC1CCCNC1=O)NN. The predicted octanol–water partition coefficient (Wildman–Crippen LogP) is -0.918. The number of carbonyl (C=O) groups is 1. The molecule has 86 valence electrons. The largest absolute Gasteiger partial charge is 0.354 e. The molecule has 0 spiro atoms. The molecule has 1 rings (SSSR count). The fourth-order valence-corrected chi connectivity index (χ4v) is 1.42. The molecule has 6 heteroatoms. The van der Waals surface area contributed by atoms with Crippen LogP contribution < -0.4 is 21.9 Å². The van der Waals surface area contributed by atoms with Crippen molar-refractivity contribution >= 4 is 11.9 Å². The molecule has 0 bridgehead atoms. The van der Waals surface area contributed by atoms with E-state index in [1.165, 1.54) is 0 Å². The maximum atomic E-state index is 11.4. The molecule has 1 fully saturated rings. The van der Waals surface area contributed by atoms with Gasteiger partial charge >= 0.3 is 0 Å². The second-order valence-electron chi connectivity index (χ2n) is 3.87. The molecule has 0 aromatic heterocycles. The number of aliphatic imine (C=N–C) groups is 1. The smallest absolute Gasteiger partial charge is 0.244 e. The molecule has 0 aliphatic carbocycles. The van der Waals surface area contributed by atoms with Gasteiger partial charge in [0.1, 0.15) is 6.04 Å². The summed E-state index contributed by atoms with van der Waals surface area (Å²) in [6, 6.07) is -0.0949. The molecule has 1 saturated heterocycles. The predicted molar refractivity (Wildman–Crippen MR) is 59.1 cm³/mol. The summed E-state index contributed by atoms with van der Waals surface area (Å²) in [6.45, 7) is 4.70. The Bertz CT molecular complexity index is 251. The van der Waals surface area contributed by atoms with Crippen molar-refractivity contribution in [2.75, 3.05) is 6.54 Å². The van der Waals surface area contributed by atoms with E-state index in [0.29, 0.717) is 5.96 Å². The quantitative estimate of drug-likeness (QED) is 0.207. The zero-order chi connectivity index (χ0) is 11.3. The summed E-state index contributed by atoms with van der Waals surface area (Å²) in [5.41, 5.74) is 2.46. The normalized spacial score (nSPS) is 22.5. The topological polar surface area (TPSA) is 91.5 Å². The van der Waals surface area contributed by atoms with Gasteiger partial charge in [-0.3, -0.25) is 10.2 Å². The summed E-state index contributed by atoms with van der Waals surface area (Å²) < 4.78 is 0. The number of amides is 1. The van der Waals surface area contributed by atoms with Crippen molar-refractivity contribution in [3.05, 3.63) is 0 Å². The molecular formula is C9H19N5O. The second kappa shape index (κ2) is 5.55. The fourth-order valence-electron chi connectivity index (χ4n) is 1.42. The summed E-state index contributed by atoms with van der Waals surface area (Å²) in [5.74, 6) is 5.75. The number of hydrogen-bond donors (Lipinski definition) is 4. The number of hydrogen-bond acceptors (Lipinski definition) is 3. The Morgan fingerprint density at radius 3 is 2.93 bits per heavy atom. The molecule has 1 atom stereocenters. The van der Waals surface area contributed by atoms with Gasteiger partial charge in [-0.05, 0) is 26.7 Å². The van der Waals surface area contributed by atoms with E-state index >= 15 is 0 Å². The van der Waals surface area contributed by atoms with Gasteiger partial charge < -0.3 is 10.6 Å². The van der Waals surface area contributed by atoms with Gasteiger partial charge in [-0.1, -0.05) is 0 Å². The van der Waals surface area contributed by atoms with E-state index < -0.39 is 0 Å². The average Bonchev–Trinajstić information content (AvgIpc) is 2.19. The minimum absolute atomic E-state index is 0.0282. The molecule has 15 heavy (non-hydrogen) atoms. The van der Waals surface area contributed by atoms with Gasteiger partial charge in [0.2, 0.25) is 11.9 Å². The fraction of sp³-hybridized carbons (Fsp3) is 0.778. The molecule has 0 radical (unpaired) electrons. The first-order valence-electron chi connectivity index (χ1n) is 5.22. The van der Waals surface area contributed by atoms with E-state index in [1.807, 2.05) is 13.8 Å². The van der Waals surface area contributed by atoms with Crippen LogP contribution in [-0.2, 0) is 4.79 Å². The van der Waals surface area contributed by atoms with Crippen molar-refractivity contribution in [3.8, 4) is 0 Å².